The van der Waals surface area contributed by atoms with Crippen molar-refractivity contribution < 1.29 is 14.3 Å². The minimum absolute atomic E-state index is 0.00538. The Morgan fingerprint density at radius 1 is 1.33 bits per heavy atom. The molecule has 4 heterocycles. The van der Waals surface area contributed by atoms with Gasteiger partial charge < -0.3 is 31.2 Å². The number of pyridine rings is 1. The average molecular weight is 512 g/mol. The second kappa shape index (κ2) is 10.3. The molecular formula is C25H33N7O3S. The number of nitrogens with zero attached hydrogens (tertiary/aromatic N) is 4. The third kappa shape index (κ3) is 5.01. The number of nitrogens with two attached hydrogens (primary N) is 2. The van der Waals surface area contributed by atoms with Gasteiger partial charge in [-0.2, -0.15) is 0 Å². The Bertz CT molecular complexity index is 1270. The Hall–Kier alpha value is -2.86. The summed E-state index contributed by atoms with van der Waals surface area (Å²) in [4.78, 5) is 30.1. The van der Waals surface area contributed by atoms with E-state index in [4.69, 9.17) is 25.9 Å². The van der Waals surface area contributed by atoms with Gasteiger partial charge in [0, 0.05) is 38.1 Å². The molecule has 0 bridgehead atoms. The fourth-order valence-corrected chi connectivity index (χ4v) is 5.99. The highest BCUT2D eigenvalue weighted by Crippen LogP contribution is 2.32. The highest BCUT2D eigenvalue weighted by Gasteiger charge is 2.33. The number of rotatable bonds is 7. The molecule has 1 amide bonds. The number of hydrogen-bond acceptors (Lipinski definition) is 10. The molecule has 1 aliphatic heterocycles. The number of carbonyl (C=O) groups excluding carboxylic acids is 1. The molecule has 5 rings (SSSR count). The number of aromatic nitrogens is 3. The topological polar surface area (TPSA) is 142 Å². The second-order valence-corrected chi connectivity index (χ2v) is 10.7. The molecule has 1 aliphatic carbocycles. The van der Waals surface area contributed by atoms with Gasteiger partial charge >= 0.3 is 0 Å². The van der Waals surface area contributed by atoms with Gasteiger partial charge in [0.25, 0.3) is 5.91 Å². The Balaban J connectivity index is 1.23. The van der Waals surface area contributed by atoms with Crippen LogP contribution in [-0.2, 0) is 22.3 Å². The van der Waals surface area contributed by atoms with E-state index in [2.05, 4.69) is 26.3 Å². The molecule has 0 aromatic carbocycles. The summed E-state index contributed by atoms with van der Waals surface area (Å²) in [6.07, 6.45) is 3.95. The summed E-state index contributed by atoms with van der Waals surface area (Å²) in [7, 11) is 1.67. The van der Waals surface area contributed by atoms with Gasteiger partial charge in [0.05, 0.1) is 36.2 Å². The van der Waals surface area contributed by atoms with Crippen LogP contribution < -0.4 is 21.7 Å². The molecule has 0 saturated carbocycles. The predicted octanol–water partition coefficient (Wildman–Crippen LogP) is 1.83. The number of thiophene rings is 1. The fourth-order valence-electron chi connectivity index (χ4n) is 4.99. The summed E-state index contributed by atoms with van der Waals surface area (Å²) in [6, 6.07) is 4.11. The summed E-state index contributed by atoms with van der Waals surface area (Å²) >= 11 is 1.29. The molecule has 3 aromatic rings. The van der Waals surface area contributed by atoms with Crippen molar-refractivity contribution in [1.29, 1.82) is 0 Å². The Morgan fingerprint density at radius 3 is 2.97 bits per heavy atom. The third-order valence-electron chi connectivity index (χ3n) is 6.79. The van der Waals surface area contributed by atoms with Gasteiger partial charge in [-0.05, 0) is 44.7 Å². The van der Waals surface area contributed by atoms with Crippen LogP contribution in [0.15, 0.2) is 18.3 Å². The largest absolute Gasteiger partial charge is 0.396 e. The van der Waals surface area contributed by atoms with Crippen LogP contribution in [0.4, 0.5) is 11.5 Å². The van der Waals surface area contributed by atoms with E-state index in [1.807, 2.05) is 19.9 Å². The molecule has 10 nitrogen and oxygen atoms in total. The summed E-state index contributed by atoms with van der Waals surface area (Å²) < 4.78 is 11.2. The van der Waals surface area contributed by atoms with E-state index in [9.17, 15) is 4.79 Å². The van der Waals surface area contributed by atoms with E-state index in [0.717, 1.165) is 42.0 Å². The highest BCUT2D eigenvalue weighted by atomic mass is 32.1. The molecule has 4 unspecified atom stereocenters. The number of methoxy groups -OCH3 is 1. The molecule has 1 saturated heterocycles. The molecular weight excluding hydrogens is 478 g/mol. The predicted molar refractivity (Wildman–Crippen MR) is 140 cm³/mol. The number of amides is 1. The van der Waals surface area contributed by atoms with Gasteiger partial charge in [-0.3, -0.25) is 4.79 Å². The lowest BCUT2D eigenvalue weighted by molar-refractivity contribution is -0.0348. The van der Waals surface area contributed by atoms with Crippen LogP contribution in [0.3, 0.4) is 0 Å². The number of anilines is 2. The zero-order valence-electron chi connectivity index (χ0n) is 20.9. The molecule has 36 heavy (non-hydrogen) atoms. The number of nitrogen functional groups attached to an aromatic ring is 1. The van der Waals surface area contributed by atoms with Crippen LogP contribution in [-0.4, -0.2) is 72.0 Å². The van der Waals surface area contributed by atoms with Crippen LogP contribution in [0.2, 0.25) is 0 Å². The van der Waals surface area contributed by atoms with Crippen LogP contribution in [0.1, 0.15) is 40.0 Å². The van der Waals surface area contributed by atoms with Crippen molar-refractivity contribution in [2.24, 2.45) is 5.73 Å². The number of nitrogens with one attached hydrogen (secondary N) is 1. The maximum Gasteiger partial charge on any atom is 0.263 e. The van der Waals surface area contributed by atoms with Crippen molar-refractivity contribution in [3.05, 3.63) is 40.2 Å². The zero-order chi connectivity index (χ0) is 25.4. The zero-order valence-corrected chi connectivity index (χ0v) is 21.7. The number of aryl methyl sites for hydroxylation is 2. The van der Waals surface area contributed by atoms with Crippen molar-refractivity contribution in [2.75, 3.05) is 37.4 Å². The smallest absolute Gasteiger partial charge is 0.263 e. The quantitative estimate of drug-likeness (QED) is 0.433. The Labute approximate surface area is 214 Å². The van der Waals surface area contributed by atoms with Crippen LogP contribution >= 0.6 is 11.3 Å². The van der Waals surface area contributed by atoms with E-state index in [1.54, 1.807) is 13.3 Å². The Kier molecular flexibility index (Phi) is 7.07. The molecule has 4 atom stereocenters. The summed E-state index contributed by atoms with van der Waals surface area (Å²) in [5, 5.41) is 3.16. The van der Waals surface area contributed by atoms with Gasteiger partial charge in [-0.25, -0.2) is 15.0 Å². The van der Waals surface area contributed by atoms with E-state index < -0.39 is 0 Å². The lowest BCUT2D eigenvalue weighted by atomic mass is 9.91. The lowest BCUT2D eigenvalue weighted by Gasteiger charge is -2.26. The van der Waals surface area contributed by atoms with E-state index >= 15 is 0 Å². The number of hydrogen-bond donors (Lipinski definition) is 3. The number of ether oxygens (including phenoxy) is 2. The monoisotopic (exact) mass is 511 g/mol. The first-order valence-corrected chi connectivity index (χ1v) is 13.1. The van der Waals surface area contributed by atoms with Crippen molar-refractivity contribution in [3.8, 4) is 0 Å². The maximum atomic E-state index is 13.0. The van der Waals surface area contributed by atoms with E-state index in [1.165, 1.54) is 11.3 Å². The van der Waals surface area contributed by atoms with Gasteiger partial charge in [-0.15, -0.1) is 11.3 Å². The molecule has 2 aliphatic rings. The van der Waals surface area contributed by atoms with E-state index in [0.29, 0.717) is 40.6 Å². The molecule has 192 valence electrons. The summed E-state index contributed by atoms with van der Waals surface area (Å²) in [5.74, 6) is 0.748. The van der Waals surface area contributed by atoms with Gasteiger partial charge in [0.1, 0.15) is 21.0 Å². The van der Waals surface area contributed by atoms with Crippen molar-refractivity contribution in [3.63, 3.8) is 0 Å². The standard InChI is InChI=1S/C25H33N7O3S/c1-13-9-28-22-21(27)23(36-25(22)29-13)24(33)30-16-5-6-18-15(8-16)4-7-20(31-18)32-10-17(26)19(11-32)35-14(2)12-34-3/h4,7,9,14,16-17,19H,5-6,8,10-12,26-27H2,1-3H3,(H,30,33). The summed E-state index contributed by atoms with van der Waals surface area (Å²) in [6.45, 7) is 5.82. The van der Waals surface area contributed by atoms with E-state index in [-0.39, 0.29) is 30.2 Å². The Morgan fingerprint density at radius 2 is 2.17 bits per heavy atom. The highest BCUT2D eigenvalue weighted by molar-refractivity contribution is 7.21. The summed E-state index contributed by atoms with van der Waals surface area (Å²) in [5.41, 5.74) is 16.6. The van der Waals surface area contributed by atoms with Gasteiger partial charge in [0.2, 0.25) is 0 Å². The second-order valence-electron chi connectivity index (χ2n) is 9.71. The van der Waals surface area contributed by atoms with Crippen molar-refractivity contribution >= 4 is 39.1 Å². The maximum absolute atomic E-state index is 13.0. The molecule has 3 aromatic heterocycles. The fraction of sp³-hybridized carbons (Fsp3) is 0.520. The van der Waals surface area contributed by atoms with Gasteiger partial charge in [-0.1, -0.05) is 6.07 Å². The van der Waals surface area contributed by atoms with Gasteiger partial charge in [0.15, 0.2) is 0 Å². The van der Waals surface area contributed by atoms with Crippen LogP contribution in [0.25, 0.3) is 10.3 Å². The average Bonchev–Trinajstić information content (AvgIpc) is 3.38. The lowest BCUT2D eigenvalue weighted by Crippen LogP contribution is -2.39. The molecule has 1 fully saturated rings. The minimum atomic E-state index is -0.173. The minimum Gasteiger partial charge on any atom is -0.396 e. The van der Waals surface area contributed by atoms with Crippen molar-refractivity contribution in [1.82, 2.24) is 20.3 Å². The number of fused-ring (bicyclic) bond motifs is 2. The van der Waals surface area contributed by atoms with Crippen LogP contribution in [0, 0.1) is 6.92 Å². The first-order chi connectivity index (χ1) is 17.3. The third-order valence-corrected chi connectivity index (χ3v) is 7.88. The SMILES string of the molecule is COCC(C)OC1CN(c2ccc3c(n2)CCC(NC(=O)c2sc4nc(C)cnc4c2N)C3)CC1N. The first kappa shape index (κ1) is 24.8. The number of carbonyl (C=O) groups is 1. The molecule has 0 radical (unpaired) electrons. The molecule has 0 spiro atoms. The van der Waals surface area contributed by atoms with Crippen molar-refractivity contribution in [2.45, 2.75) is 57.4 Å². The normalized spacial score (nSPS) is 22.6. The molecule has 11 heteroatoms. The molecule has 5 N–H and O–H groups in total. The van der Waals surface area contributed by atoms with Crippen LogP contribution in [0.5, 0.6) is 0 Å². The first-order valence-electron chi connectivity index (χ1n) is 12.3.